The molecular weight excluding hydrogens is 451 g/mol. The Morgan fingerprint density at radius 1 is 1.19 bits per heavy atom. The zero-order chi connectivity index (χ0) is 23.3. The van der Waals surface area contributed by atoms with E-state index in [1.54, 1.807) is 18.2 Å². The molecule has 9 heteroatoms. The molecule has 0 spiro atoms. The Morgan fingerprint density at radius 3 is 2.56 bits per heavy atom. The maximum absolute atomic E-state index is 12.3. The number of carbonyl (C=O) groups excluding carboxylic acids is 2. The number of aliphatic imine (C=N–C) groups is 1. The third-order valence-electron chi connectivity index (χ3n) is 5.70. The molecule has 1 aliphatic heterocycles. The molecule has 2 aliphatic rings. The van der Waals surface area contributed by atoms with Gasteiger partial charge < -0.3 is 10.4 Å². The smallest absolute Gasteiger partial charge is 0.238 e. The first kappa shape index (κ1) is 24.7. The van der Waals surface area contributed by atoms with E-state index in [-0.39, 0.29) is 22.9 Å². The van der Waals surface area contributed by atoms with Crippen molar-refractivity contribution in [3.63, 3.8) is 0 Å². The zero-order valence-electron chi connectivity index (χ0n) is 18.5. The minimum atomic E-state index is -0.199. The van der Waals surface area contributed by atoms with Crippen LogP contribution in [0.15, 0.2) is 34.5 Å². The molecule has 7 nitrogen and oxygen atoms in total. The molecule has 3 rings (SSSR count). The van der Waals surface area contributed by atoms with Gasteiger partial charge in [-0.15, -0.1) is 0 Å². The molecule has 1 fully saturated rings. The number of hydrogen-bond donors (Lipinski definition) is 2. The number of carbonyl (C=O) groups is 2. The normalized spacial score (nSPS) is 20.2. The van der Waals surface area contributed by atoms with Gasteiger partial charge in [-0.25, -0.2) is 0 Å². The fourth-order valence-corrected chi connectivity index (χ4v) is 4.30. The molecule has 174 valence electrons. The Morgan fingerprint density at radius 2 is 1.88 bits per heavy atom. The summed E-state index contributed by atoms with van der Waals surface area (Å²) in [6.45, 7) is 8.79. The zero-order valence-corrected chi connectivity index (χ0v) is 20.0. The molecule has 1 saturated heterocycles. The lowest BCUT2D eigenvalue weighted by Crippen LogP contribution is -2.49. The molecule has 1 aromatic rings. The average molecular weight is 481 g/mol. The molecule has 1 heterocycles. The van der Waals surface area contributed by atoms with E-state index in [1.165, 1.54) is 6.21 Å². The standard InChI is InChI=1S/C23H30Cl2N4O3/c1-23(2)12-20(30)17(21(31)13-23)14-26-5-6-28-7-9-29(10-8-28)15-22(32)27-19-11-16(24)3-4-18(19)25/h3-4,11,14,30H,5-10,12-13,15H2,1-2H3,(H,27,32). The number of benzene rings is 1. The first-order valence-corrected chi connectivity index (χ1v) is 11.5. The van der Waals surface area contributed by atoms with Crippen molar-refractivity contribution in [1.82, 2.24) is 9.80 Å². The third kappa shape index (κ3) is 7.04. The molecule has 0 atom stereocenters. The predicted octanol–water partition coefficient (Wildman–Crippen LogP) is 3.82. The van der Waals surface area contributed by atoms with Gasteiger partial charge in [0.2, 0.25) is 5.91 Å². The van der Waals surface area contributed by atoms with Crippen LogP contribution in [0.2, 0.25) is 10.0 Å². The molecule has 0 radical (unpaired) electrons. The molecule has 1 aliphatic carbocycles. The van der Waals surface area contributed by atoms with Crippen LogP contribution in [-0.4, -0.2) is 78.6 Å². The summed E-state index contributed by atoms with van der Waals surface area (Å²) in [7, 11) is 0. The van der Waals surface area contributed by atoms with E-state index in [2.05, 4.69) is 20.1 Å². The summed E-state index contributed by atoms with van der Waals surface area (Å²) < 4.78 is 0. The van der Waals surface area contributed by atoms with Gasteiger partial charge in [0.1, 0.15) is 5.76 Å². The quantitative estimate of drug-likeness (QED) is 0.579. The molecule has 0 bridgehead atoms. The van der Waals surface area contributed by atoms with Crippen molar-refractivity contribution in [2.45, 2.75) is 26.7 Å². The number of piperazine rings is 1. The van der Waals surface area contributed by atoms with Crippen molar-refractivity contribution in [2.75, 3.05) is 51.1 Å². The highest BCUT2D eigenvalue weighted by molar-refractivity contribution is 6.35. The lowest BCUT2D eigenvalue weighted by atomic mass is 9.77. The van der Waals surface area contributed by atoms with E-state index in [4.69, 9.17) is 23.2 Å². The minimum absolute atomic E-state index is 0.0477. The third-order valence-corrected chi connectivity index (χ3v) is 6.26. The van der Waals surface area contributed by atoms with E-state index >= 15 is 0 Å². The van der Waals surface area contributed by atoms with E-state index in [0.717, 1.165) is 32.7 Å². The summed E-state index contributed by atoms with van der Waals surface area (Å²) in [5.41, 5.74) is 0.664. The topological polar surface area (TPSA) is 85.2 Å². The van der Waals surface area contributed by atoms with Crippen molar-refractivity contribution < 1.29 is 14.7 Å². The molecule has 0 aromatic heterocycles. The first-order valence-electron chi connectivity index (χ1n) is 10.8. The Hall–Kier alpha value is -1.93. The second kappa shape index (κ2) is 10.8. The summed E-state index contributed by atoms with van der Waals surface area (Å²) in [5, 5.41) is 13.9. The van der Waals surface area contributed by atoms with E-state index < -0.39 is 0 Å². The summed E-state index contributed by atoms with van der Waals surface area (Å²) in [5.74, 6) is -0.0324. The van der Waals surface area contributed by atoms with Crippen LogP contribution in [0, 0.1) is 5.41 Å². The number of rotatable bonds is 7. The molecule has 2 N–H and O–H groups in total. The Labute approximate surface area is 199 Å². The van der Waals surface area contributed by atoms with Crippen LogP contribution < -0.4 is 5.32 Å². The van der Waals surface area contributed by atoms with Crippen molar-refractivity contribution in [3.05, 3.63) is 39.6 Å². The van der Waals surface area contributed by atoms with Crippen LogP contribution in [0.1, 0.15) is 26.7 Å². The fraction of sp³-hybridized carbons (Fsp3) is 0.522. The van der Waals surface area contributed by atoms with Gasteiger partial charge in [-0.2, -0.15) is 0 Å². The summed E-state index contributed by atoms with van der Waals surface area (Å²) in [6.07, 6.45) is 2.45. The van der Waals surface area contributed by atoms with Gasteiger partial charge in [-0.1, -0.05) is 37.0 Å². The van der Waals surface area contributed by atoms with Gasteiger partial charge in [0.25, 0.3) is 0 Å². The minimum Gasteiger partial charge on any atom is -0.511 e. The Bertz CT molecular complexity index is 922. The van der Waals surface area contributed by atoms with Crippen molar-refractivity contribution in [3.8, 4) is 0 Å². The monoisotopic (exact) mass is 480 g/mol. The number of amides is 1. The number of nitrogens with one attached hydrogen (secondary N) is 1. The van der Waals surface area contributed by atoms with Gasteiger partial charge in [-0.3, -0.25) is 24.4 Å². The van der Waals surface area contributed by atoms with Crippen LogP contribution in [0.5, 0.6) is 0 Å². The summed E-state index contributed by atoms with van der Waals surface area (Å²) >= 11 is 12.1. The van der Waals surface area contributed by atoms with E-state index in [9.17, 15) is 14.7 Å². The number of ketones is 1. The number of allylic oxidation sites excluding steroid dienone is 2. The van der Waals surface area contributed by atoms with Crippen LogP contribution in [0.3, 0.4) is 0 Å². The van der Waals surface area contributed by atoms with Crippen molar-refractivity contribution >= 4 is 46.8 Å². The predicted molar refractivity (Wildman–Crippen MR) is 129 cm³/mol. The highest BCUT2D eigenvalue weighted by atomic mass is 35.5. The Balaban J connectivity index is 1.39. The average Bonchev–Trinajstić information content (AvgIpc) is 2.70. The molecular formula is C23H30Cl2N4O3. The van der Waals surface area contributed by atoms with E-state index in [0.29, 0.717) is 47.2 Å². The largest absolute Gasteiger partial charge is 0.511 e. The number of hydrogen-bond acceptors (Lipinski definition) is 6. The Kier molecular flexibility index (Phi) is 8.33. The van der Waals surface area contributed by atoms with Crippen LogP contribution in [0.25, 0.3) is 0 Å². The lowest BCUT2D eigenvalue weighted by Gasteiger charge is -2.34. The number of anilines is 1. The van der Waals surface area contributed by atoms with Crippen LogP contribution in [-0.2, 0) is 9.59 Å². The van der Waals surface area contributed by atoms with Crippen LogP contribution in [0.4, 0.5) is 5.69 Å². The molecule has 0 saturated carbocycles. The number of halogens is 2. The first-order chi connectivity index (χ1) is 15.1. The van der Waals surface area contributed by atoms with Gasteiger partial charge in [-0.05, 0) is 23.6 Å². The lowest BCUT2D eigenvalue weighted by molar-refractivity contribution is -0.118. The van der Waals surface area contributed by atoms with Gasteiger partial charge in [0, 0.05) is 56.8 Å². The molecule has 32 heavy (non-hydrogen) atoms. The number of aliphatic hydroxyl groups is 1. The summed E-state index contributed by atoms with van der Waals surface area (Å²) in [4.78, 5) is 33.3. The highest BCUT2D eigenvalue weighted by Gasteiger charge is 2.32. The molecule has 0 unspecified atom stereocenters. The van der Waals surface area contributed by atoms with Crippen molar-refractivity contribution in [1.29, 1.82) is 0 Å². The van der Waals surface area contributed by atoms with Crippen LogP contribution >= 0.6 is 23.2 Å². The maximum Gasteiger partial charge on any atom is 0.238 e. The second-order valence-electron chi connectivity index (χ2n) is 9.13. The fourth-order valence-electron chi connectivity index (χ4n) is 3.96. The van der Waals surface area contributed by atoms with Gasteiger partial charge >= 0.3 is 0 Å². The maximum atomic E-state index is 12.3. The number of aliphatic hydroxyl groups excluding tert-OH is 1. The van der Waals surface area contributed by atoms with Gasteiger partial charge in [0.05, 0.1) is 29.4 Å². The van der Waals surface area contributed by atoms with Gasteiger partial charge in [0.15, 0.2) is 5.78 Å². The van der Waals surface area contributed by atoms with Crippen molar-refractivity contribution in [2.24, 2.45) is 10.4 Å². The number of nitrogens with zero attached hydrogens (tertiary/aromatic N) is 3. The SMILES string of the molecule is CC1(C)CC(=O)C(C=NCCN2CCN(CC(=O)Nc3cc(Cl)ccc3Cl)CC2)=C(O)C1. The molecule has 1 aromatic carbocycles. The number of Topliss-reactive ketones (excluding diaryl/α,β-unsaturated/α-hetero) is 1. The second-order valence-corrected chi connectivity index (χ2v) is 9.97. The molecule has 1 amide bonds. The summed E-state index contributed by atoms with van der Waals surface area (Å²) in [6, 6.07) is 4.97. The van der Waals surface area contributed by atoms with E-state index in [1.807, 2.05) is 13.8 Å². The highest BCUT2D eigenvalue weighted by Crippen LogP contribution is 2.35.